The maximum Gasteiger partial charge on any atom is 0.306 e. The lowest BCUT2D eigenvalue weighted by Gasteiger charge is -2.19. The van der Waals surface area contributed by atoms with Crippen LogP contribution in [0.5, 0.6) is 0 Å². The minimum atomic E-state index is -0.904. The molecular formula is C26H34N2O3S. The fourth-order valence-corrected chi connectivity index (χ4v) is 5.18. The van der Waals surface area contributed by atoms with Crippen LogP contribution in [0.2, 0.25) is 0 Å². The highest BCUT2D eigenvalue weighted by Gasteiger charge is 2.24. The van der Waals surface area contributed by atoms with Crippen molar-refractivity contribution in [3.63, 3.8) is 0 Å². The van der Waals surface area contributed by atoms with Crippen molar-refractivity contribution in [2.75, 3.05) is 0 Å². The van der Waals surface area contributed by atoms with Gasteiger partial charge < -0.3 is 9.67 Å². The predicted molar refractivity (Wildman–Crippen MR) is 131 cm³/mol. The van der Waals surface area contributed by atoms with Gasteiger partial charge in [-0.2, -0.15) is 0 Å². The second-order valence-corrected chi connectivity index (χ2v) is 10.7. The van der Waals surface area contributed by atoms with Crippen LogP contribution in [-0.2, 0) is 11.2 Å². The molecule has 0 amide bonds. The molecule has 0 bridgehead atoms. The molecule has 0 aliphatic rings. The van der Waals surface area contributed by atoms with Gasteiger partial charge in [0.15, 0.2) is 5.78 Å². The lowest BCUT2D eigenvalue weighted by molar-refractivity contribution is -0.142. The molecule has 0 aliphatic heterocycles. The Hall–Kier alpha value is -2.47. The Morgan fingerprint density at radius 1 is 1.06 bits per heavy atom. The van der Waals surface area contributed by atoms with Gasteiger partial charge in [0.2, 0.25) is 0 Å². The summed E-state index contributed by atoms with van der Waals surface area (Å²) in [7, 11) is 0. The first-order valence-electron chi connectivity index (χ1n) is 11.4. The molecule has 0 aliphatic carbocycles. The first kappa shape index (κ1) is 24.2. The van der Waals surface area contributed by atoms with Gasteiger partial charge in [0.1, 0.15) is 5.82 Å². The van der Waals surface area contributed by atoms with Crippen molar-refractivity contribution in [2.45, 2.75) is 66.3 Å². The molecule has 2 atom stereocenters. The quantitative estimate of drug-likeness (QED) is 0.331. The molecule has 1 unspecified atom stereocenters. The summed E-state index contributed by atoms with van der Waals surface area (Å²) in [4.78, 5) is 30.7. The highest BCUT2D eigenvalue weighted by atomic mass is 32.1. The maximum absolute atomic E-state index is 12.9. The number of carboxylic acid groups (broad SMARTS) is 1. The van der Waals surface area contributed by atoms with Crippen molar-refractivity contribution in [3.8, 4) is 0 Å². The molecule has 0 saturated carbocycles. The van der Waals surface area contributed by atoms with E-state index in [9.17, 15) is 14.7 Å². The van der Waals surface area contributed by atoms with E-state index in [-0.39, 0.29) is 18.1 Å². The zero-order valence-corrected chi connectivity index (χ0v) is 20.5. The molecule has 1 N–H and O–H groups in total. The van der Waals surface area contributed by atoms with Crippen LogP contribution in [-0.4, -0.2) is 26.4 Å². The van der Waals surface area contributed by atoms with E-state index >= 15 is 0 Å². The van der Waals surface area contributed by atoms with E-state index in [1.54, 1.807) is 11.3 Å². The summed E-state index contributed by atoms with van der Waals surface area (Å²) < 4.78 is 2.31. The molecule has 3 rings (SSSR count). The van der Waals surface area contributed by atoms with E-state index < -0.39 is 11.9 Å². The Kier molecular flexibility index (Phi) is 7.88. The molecule has 3 aromatic rings. The van der Waals surface area contributed by atoms with E-state index in [0.717, 1.165) is 29.7 Å². The van der Waals surface area contributed by atoms with Crippen LogP contribution in [0.3, 0.4) is 0 Å². The average Bonchev–Trinajstić information content (AvgIpc) is 3.33. The Bertz CT molecular complexity index is 1070. The third kappa shape index (κ3) is 5.85. The SMILES string of the molecule is CC(C)CC(C)n1c(Cc2cccs2)nc2cc(C(=O)C[C@@H](CC(C)C)C(=O)O)ccc21. The van der Waals surface area contributed by atoms with Gasteiger partial charge >= 0.3 is 5.97 Å². The Labute approximate surface area is 194 Å². The normalized spacial score (nSPS) is 13.7. The lowest BCUT2D eigenvalue weighted by atomic mass is 9.90. The summed E-state index contributed by atoms with van der Waals surface area (Å²) in [6, 6.07) is 10.1. The Balaban J connectivity index is 1.95. The van der Waals surface area contributed by atoms with Gasteiger partial charge in [-0.15, -0.1) is 11.3 Å². The molecule has 0 saturated heterocycles. The number of rotatable bonds is 11. The molecule has 6 heteroatoms. The zero-order chi connectivity index (χ0) is 23.4. The number of carbonyl (C=O) groups excluding carboxylic acids is 1. The van der Waals surface area contributed by atoms with E-state index in [0.29, 0.717) is 23.9 Å². The number of imidazole rings is 1. The molecule has 0 radical (unpaired) electrons. The van der Waals surface area contributed by atoms with E-state index in [2.05, 4.69) is 42.9 Å². The highest BCUT2D eigenvalue weighted by Crippen LogP contribution is 2.29. The summed E-state index contributed by atoms with van der Waals surface area (Å²) in [5, 5.41) is 11.6. The zero-order valence-electron chi connectivity index (χ0n) is 19.7. The van der Waals surface area contributed by atoms with Crippen molar-refractivity contribution >= 4 is 34.1 Å². The van der Waals surface area contributed by atoms with Crippen LogP contribution >= 0.6 is 11.3 Å². The number of thiophene rings is 1. The average molecular weight is 455 g/mol. The number of benzene rings is 1. The highest BCUT2D eigenvalue weighted by molar-refractivity contribution is 7.09. The van der Waals surface area contributed by atoms with Crippen LogP contribution in [0.15, 0.2) is 35.7 Å². The molecule has 1 aromatic carbocycles. The smallest absolute Gasteiger partial charge is 0.306 e. The number of hydrogen-bond donors (Lipinski definition) is 1. The third-order valence-electron chi connectivity index (χ3n) is 5.79. The molecule has 172 valence electrons. The van der Waals surface area contributed by atoms with Gasteiger partial charge in [0, 0.05) is 29.3 Å². The summed E-state index contributed by atoms with van der Waals surface area (Å²) >= 11 is 1.72. The number of carboxylic acids is 1. The Morgan fingerprint density at radius 3 is 2.38 bits per heavy atom. The van der Waals surface area contributed by atoms with Gasteiger partial charge in [-0.25, -0.2) is 4.98 Å². The first-order valence-corrected chi connectivity index (χ1v) is 12.3. The molecule has 5 nitrogen and oxygen atoms in total. The minimum absolute atomic E-state index is 0.0194. The minimum Gasteiger partial charge on any atom is -0.481 e. The van der Waals surface area contributed by atoms with Crippen LogP contribution in [0.1, 0.15) is 81.0 Å². The number of aromatic nitrogens is 2. The molecule has 0 spiro atoms. The van der Waals surface area contributed by atoms with Gasteiger partial charge in [-0.1, -0.05) is 33.8 Å². The van der Waals surface area contributed by atoms with Crippen LogP contribution < -0.4 is 0 Å². The third-order valence-corrected chi connectivity index (χ3v) is 6.66. The van der Waals surface area contributed by atoms with E-state index in [1.807, 2.05) is 32.0 Å². The van der Waals surface area contributed by atoms with Crippen LogP contribution in [0.4, 0.5) is 0 Å². The van der Waals surface area contributed by atoms with Crippen molar-refractivity contribution in [1.29, 1.82) is 0 Å². The summed E-state index contributed by atoms with van der Waals surface area (Å²) in [5.41, 5.74) is 2.36. The standard InChI is InChI=1S/C26H34N2O3S/c1-16(2)11-18(5)28-23-9-8-19(24(29)14-20(26(30)31)12-17(3)4)13-22(23)27-25(28)15-21-7-6-10-32-21/h6-10,13,16-18,20H,11-12,14-15H2,1-5H3,(H,30,31)/t18?,20-/m1/s1. The second-order valence-electron chi connectivity index (χ2n) is 9.63. The number of aliphatic carboxylic acids is 1. The molecule has 0 fully saturated rings. The van der Waals surface area contributed by atoms with Crippen molar-refractivity contribution in [3.05, 3.63) is 52.0 Å². The van der Waals surface area contributed by atoms with Gasteiger partial charge in [-0.3, -0.25) is 9.59 Å². The summed E-state index contributed by atoms with van der Waals surface area (Å²) in [5.74, 6) is 0.0958. The predicted octanol–water partition coefficient (Wildman–Crippen LogP) is 6.62. The second kappa shape index (κ2) is 10.4. The van der Waals surface area contributed by atoms with Gasteiger partial charge in [-0.05, 0) is 61.2 Å². The lowest BCUT2D eigenvalue weighted by Crippen LogP contribution is -2.20. The number of carbonyl (C=O) groups is 2. The Morgan fingerprint density at radius 2 is 1.78 bits per heavy atom. The van der Waals surface area contributed by atoms with Crippen molar-refractivity contribution < 1.29 is 14.7 Å². The summed E-state index contributed by atoms with van der Waals surface area (Å²) in [6.07, 6.45) is 2.31. The number of fused-ring (bicyclic) bond motifs is 1. The number of hydrogen-bond acceptors (Lipinski definition) is 4. The summed E-state index contributed by atoms with van der Waals surface area (Å²) in [6.45, 7) is 10.6. The number of ketones is 1. The van der Waals surface area contributed by atoms with Gasteiger partial charge in [0.05, 0.1) is 17.0 Å². The van der Waals surface area contributed by atoms with Crippen LogP contribution in [0, 0.1) is 17.8 Å². The molecule has 32 heavy (non-hydrogen) atoms. The van der Waals surface area contributed by atoms with Gasteiger partial charge in [0.25, 0.3) is 0 Å². The maximum atomic E-state index is 12.9. The largest absolute Gasteiger partial charge is 0.481 e. The van der Waals surface area contributed by atoms with E-state index in [4.69, 9.17) is 4.98 Å². The topological polar surface area (TPSA) is 72.2 Å². The van der Waals surface area contributed by atoms with Crippen molar-refractivity contribution in [1.82, 2.24) is 9.55 Å². The van der Waals surface area contributed by atoms with Crippen LogP contribution in [0.25, 0.3) is 11.0 Å². The number of nitrogens with zero attached hydrogens (tertiary/aromatic N) is 2. The number of Topliss-reactive ketones (excluding diaryl/α,β-unsaturated/α-hetero) is 1. The monoisotopic (exact) mass is 454 g/mol. The fourth-order valence-electron chi connectivity index (χ4n) is 4.48. The molecule has 2 heterocycles. The fraction of sp³-hybridized carbons (Fsp3) is 0.500. The van der Waals surface area contributed by atoms with Crippen molar-refractivity contribution in [2.24, 2.45) is 17.8 Å². The first-order chi connectivity index (χ1) is 15.2. The molecule has 2 aromatic heterocycles. The molecular weight excluding hydrogens is 420 g/mol. The van der Waals surface area contributed by atoms with E-state index in [1.165, 1.54) is 4.88 Å².